The lowest BCUT2D eigenvalue weighted by Crippen LogP contribution is -2.54. The van der Waals surface area contributed by atoms with Crippen molar-refractivity contribution >= 4 is 19.8 Å². The highest BCUT2D eigenvalue weighted by Crippen LogP contribution is 2.30. The van der Waals surface area contributed by atoms with Crippen molar-refractivity contribution < 1.29 is 53.5 Å². The molecule has 1 rings (SSSR count). The molecule has 0 aliphatic carbocycles. The van der Waals surface area contributed by atoms with E-state index in [2.05, 4.69) is 9.84 Å². The van der Waals surface area contributed by atoms with Gasteiger partial charge in [0, 0.05) is 0 Å². The van der Waals surface area contributed by atoms with Crippen LogP contribution in [0.4, 0.5) is 0 Å². The molecule has 0 aromatic rings. The number of aliphatic hydroxyl groups is 3. The third-order valence-electron chi connectivity index (χ3n) is 3.14. The Balaban J connectivity index is 2.70. The second kappa shape index (κ2) is 7.93. The van der Waals surface area contributed by atoms with Gasteiger partial charge in [0.25, 0.3) is 0 Å². The number of carboxylic acid groups (broad SMARTS) is 2. The van der Waals surface area contributed by atoms with E-state index in [9.17, 15) is 34.0 Å². The lowest BCUT2D eigenvalue weighted by atomic mass is 10.0. The SMILES string of the molecule is O=C(O)CC(NCC1(O)O[C@H](COP(=O)=O)[C@@H](O)[C@@H]1O)C(=O)O. The Morgan fingerprint density at radius 1 is 1.30 bits per heavy atom. The van der Waals surface area contributed by atoms with Crippen LogP contribution in [-0.2, 0) is 28.0 Å². The summed E-state index contributed by atoms with van der Waals surface area (Å²) in [5.74, 6) is -5.36. The Morgan fingerprint density at radius 2 is 1.91 bits per heavy atom. The zero-order valence-corrected chi connectivity index (χ0v) is 12.5. The van der Waals surface area contributed by atoms with Crippen LogP contribution in [0.15, 0.2) is 0 Å². The molecular weight excluding hydrogens is 341 g/mol. The molecule has 132 valence electrons. The van der Waals surface area contributed by atoms with Crippen molar-refractivity contribution in [2.75, 3.05) is 13.2 Å². The highest BCUT2D eigenvalue weighted by Gasteiger charge is 2.53. The summed E-state index contributed by atoms with van der Waals surface area (Å²) in [5, 5.41) is 49.1. The molecular formula is C10H16NO11P. The zero-order valence-electron chi connectivity index (χ0n) is 11.6. The minimum Gasteiger partial charge on any atom is -0.481 e. The Hall–Kier alpha value is -1.40. The van der Waals surface area contributed by atoms with Crippen LogP contribution >= 0.6 is 7.91 Å². The van der Waals surface area contributed by atoms with E-state index in [1.54, 1.807) is 0 Å². The van der Waals surface area contributed by atoms with E-state index in [0.717, 1.165) is 0 Å². The molecule has 12 nitrogen and oxygen atoms in total. The molecule has 5 atom stereocenters. The summed E-state index contributed by atoms with van der Waals surface area (Å²) in [6, 6.07) is -1.57. The topological polar surface area (TPSA) is 200 Å². The van der Waals surface area contributed by atoms with E-state index in [1.807, 2.05) is 0 Å². The second-order valence-corrected chi connectivity index (χ2v) is 5.53. The molecule has 6 N–H and O–H groups in total. The van der Waals surface area contributed by atoms with Gasteiger partial charge < -0.3 is 30.3 Å². The van der Waals surface area contributed by atoms with Gasteiger partial charge in [0.2, 0.25) is 5.79 Å². The number of hydrogen-bond acceptors (Lipinski definition) is 10. The van der Waals surface area contributed by atoms with E-state index >= 15 is 0 Å². The fraction of sp³-hybridized carbons (Fsp3) is 0.800. The summed E-state index contributed by atoms with van der Waals surface area (Å²) in [4.78, 5) is 21.4. The van der Waals surface area contributed by atoms with Gasteiger partial charge in [-0.05, 0) is 0 Å². The third kappa shape index (κ3) is 5.32. The first kappa shape index (κ1) is 19.6. The lowest BCUT2D eigenvalue weighted by molar-refractivity contribution is -0.226. The van der Waals surface area contributed by atoms with E-state index < -0.39 is 69.6 Å². The van der Waals surface area contributed by atoms with Crippen molar-refractivity contribution in [3.05, 3.63) is 0 Å². The summed E-state index contributed by atoms with van der Waals surface area (Å²) in [5.41, 5.74) is 0. The van der Waals surface area contributed by atoms with Gasteiger partial charge in [0.1, 0.15) is 24.4 Å². The first-order valence-electron chi connectivity index (χ1n) is 6.28. The largest absolute Gasteiger partial charge is 0.481 e. The van der Waals surface area contributed by atoms with Crippen LogP contribution in [0, 0.1) is 0 Å². The lowest BCUT2D eigenvalue weighted by Gasteiger charge is -2.27. The molecule has 13 heteroatoms. The summed E-state index contributed by atoms with van der Waals surface area (Å²) in [7, 11) is -3.23. The van der Waals surface area contributed by atoms with Crippen LogP contribution in [0.2, 0.25) is 0 Å². The molecule has 1 heterocycles. The molecule has 0 aromatic carbocycles. The number of aliphatic hydroxyl groups excluding tert-OH is 2. The van der Waals surface area contributed by atoms with E-state index in [4.69, 9.17) is 14.9 Å². The van der Waals surface area contributed by atoms with Crippen molar-refractivity contribution in [3.8, 4) is 0 Å². The summed E-state index contributed by atoms with van der Waals surface area (Å²) < 4.78 is 29.8. The highest BCUT2D eigenvalue weighted by molar-refractivity contribution is 7.24. The number of carbonyl (C=O) groups is 2. The Labute approximate surface area is 129 Å². The van der Waals surface area contributed by atoms with Gasteiger partial charge in [-0.3, -0.25) is 19.4 Å². The monoisotopic (exact) mass is 357 g/mol. The van der Waals surface area contributed by atoms with Gasteiger partial charge in [0.15, 0.2) is 0 Å². The standard InChI is InChI=1S/C10H16NO11P/c12-6(13)1-4(9(16)17)11-3-10(18)8(15)7(14)5(22-10)2-21-23(19)20/h4-5,7-8,11,14-15,18H,1-3H2,(H,12,13)(H,16,17)/t4?,5-,7-,8+,10?/m1/s1. The van der Waals surface area contributed by atoms with Gasteiger partial charge in [-0.15, -0.1) is 0 Å². The Kier molecular flexibility index (Phi) is 6.77. The van der Waals surface area contributed by atoms with Gasteiger partial charge in [-0.2, -0.15) is 0 Å². The first-order chi connectivity index (χ1) is 10.6. The van der Waals surface area contributed by atoms with Crippen molar-refractivity contribution in [1.82, 2.24) is 5.32 Å². The van der Waals surface area contributed by atoms with E-state index in [1.165, 1.54) is 0 Å². The number of ether oxygens (including phenoxy) is 1. The van der Waals surface area contributed by atoms with Crippen LogP contribution in [0.3, 0.4) is 0 Å². The van der Waals surface area contributed by atoms with Crippen LogP contribution in [0.5, 0.6) is 0 Å². The molecule has 0 amide bonds. The minimum atomic E-state index is -3.23. The van der Waals surface area contributed by atoms with Crippen LogP contribution < -0.4 is 5.32 Å². The van der Waals surface area contributed by atoms with Gasteiger partial charge in [0.05, 0.1) is 19.6 Å². The van der Waals surface area contributed by atoms with Crippen LogP contribution in [-0.4, -0.2) is 80.8 Å². The molecule has 2 unspecified atom stereocenters. The maximum atomic E-state index is 10.9. The molecule has 0 bridgehead atoms. The van der Waals surface area contributed by atoms with Crippen LogP contribution in [0.1, 0.15) is 6.42 Å². The fourth-order valence-corrected chi connectivity index (χ4v) is 2.24. The van der Waals surface area contributed by atoms with Crippen molar-refractivity contribution in [3.63, 3.8) is 0 Å². The maximum Gasteiger partial charge on any atom is 0.468 e. The highest BCUT2D eigenvalue weighted by atomic mass is 31.1. The number of hydrogen-bond donors (Lipinski definition) is 6. The van der Waals surface area contributed by atoms with Gasteiger partial charge in [-0.1, -0.05) is 0 Å². The van der Waals surface area contributed by atoms with Crippen molar-refractivity contribution in [2.45, 2.75) is 36.6 Å². The average molecular weight is 357 g/mol. The molecule has 1 aliphatic rings. The predicted octanol–water partition coefficient (Wildman–Crippen LogP) is -2.58. The number of nitrogens with one attached hydrogen (secondary N) is 1. The Morgan fingerprint density at radius 3 is 2.39 bits per heavy atom. The van der Waals surface area contributed by atoms with Crippen molar-refractivity contribution in [1.29, 1.82) is 0 Å². The molecule has 0 radical (unpaired) electrons. The second-order valence-electron chi connectivity index (χ2n) is 4.83. The minimum absolute atomic E-state index is 0.670. The average Bonchev–Trinajstić information content (AvgIpc) is 2.65. The number of rotatable bonds is 9. The zero-order chi connectivity index (χ0) is 17.8. The third-order valence-corrected chi connectivity index (χ3v) is 3.50. The quantitative estimate of drug-likeness (QED) is 0.236. The maximum absolute atomic E-state index is 10.9. The number of carboxylic acids is 2. The number of aliphatic carboxylic acids is 2. The van der Waals surface area contributed by atoms with E-state index in [0.29, 0.717) is 0 Å². The molecule has 0 spiro atoms. The molecule has 23 heavy (non-hydrogen) atoms. The van der Waals surface area contributed by atoms with Crippen LogP contribution in [0.25, 0.3) is 0 Å². The molecule has 1 fully saturated rings. The Bertz CT molecular complexity index is 515. The molecule has 1 aliphatic heterocycles. The summed E-state index contributed by atoms with van der Waals surface area (Å²) in [6.45, 7) is -1.40. The van der Waals surface area contributed by atoms with Gasteiger partial charge >= 0.3 is 19.8 Å². The summed E-state index contributed by atoms with van der Waals surface area (Å²) >= 11 is 0. The first-order valence-corrected chi connectivity index (χ1v) is 7.38. The summed E-state index contributed by atoms with van der Waals surface area (Å²) in [6.07, 6.45) is -5.77. The molecule has 0 aromatic heterocycles. The predicted molar refractivity (Wildman–Crippen MR) is 67.8 cm³/mol. The normalized spacial score (nSPS) is 31.7. The fourth-order valence-electron chi connectivity index (χ4n) is 1.98. The molecule has 0 saturated carbocycles. The smallest absolute Gasteiger partial charge is 0.468 e. The van der Waals surface area contributed by atoms with E-state index in [-0.39, 0.29) is 0 Å². The van der Waals surface area contributed by atoms with Gasteiger partial charge in [-0.25, -0.2) is 9.13 Å². The molecule has 1 saturated heterocycles. The van der Waals surface area contributed by atoms with Crippen molar-refractivity contribution in [2.24, 2.45) is 0 Å².